The van der Waals surface area contributed by atoms with Crippen LogP contribution in [0, 0.1) is 0 Å². The maximum atomic E-state index is 10.0. The first kappa shape index (κ1) is 13.5. The molecule has 0 unspecified atom stereocenters. The quantitative estimate of drug-likeness (QED) is 0.646. The summed E-state index contributed by atoms with van der Waals surface area (Å²) in [6.45, 7) is 4.50. The Morgan fingerprint density at radius 3 is 1.91 bits per heavy atom. The first-order valence-corrected chi connectivity index (χ1v) is 9.44. The third-order valence-electron chi connectivity index (χ3n) is 0.509. The van der Waals surface area contributed by atoms with Crippen molar-refractivity contribution in [1.29, 1.82) is 0 Å². The number of carbonyl (C=O) groups is 2. The van der Waals surface area contributed by atoms with Crippen LogP contribution >= 0.6 is 0 Å². The fourth-order valence-electron chi connectivity index (χ4n) is 0.246. The van der Waals surface area contributed by atoms with Crippen molar-refractivity contribution in [3.8, 4) is 0 Å². The zero-order chi connectivity index (χ0) is 9.28. The van der Waals surface area contributed by atoms with Crippen molar-refractivity contribution in [3.05, 3.63) is 0 Å². The van der Waals surface area contributed by atoms with Crippen LogP contribution in [0.2, 0.25) is 3.93 Å². The van der Waals surface area contributed by atoms with Crippen molar-refractivity contribution in [2.75, 3.05) is 0 Å². The molecule has 0 aliphatic carbocycles. The van der Waals surface area contributed by atoms with Gasteiger partial charge in [0.25, 0.3) is 0 Å². The van der Waals surface area contributed by atoms with E-state index in [1.54, 1.807) is 0 Å². The first-order valence-electron chi connectivity index (χ1n) is 3.31. The molecule has 5 heteroatoms. The van der Waals surface area contributed by atoms with Gasteiger partial charge in [-0.3, -0.25) is 0 Å². The minimum absolute atomic E-state index is 0.0940. The Hall–Kier alpha value is -0.125. The van der Waals surface area contributed by atoms with Gasteiger partial charge in [0.2, 0.25) is 0 Å². The molecule has 0 aromatic heterocycles. The Labute approximate surface area is 79.0 Å². The van der Waals surface area contributed by atoms with Crippen molar-refractivity contribution >= 4 is 11.9 Å². The van der Waals surface area contributed by atoms with Gasteiger partial charge in [0, 0.05) is 5.97 Å². The summed E-state index contributed by atoms with van der Waals surface area (Å²) in [4.78, 5) is 18.9. The molecule has 0 N–H and O–H groups in total. The number of hydrogen-bond acceptors (Lipinski definition) is 4. The molecular weight excluding hydrogens is 337 g/mol. The molecule has 0 bridgehead atoms. The summed E-state index contributed by atoms with van der Waals surface area (Å²) in [6, 6.07) is 0. The topological polar surface area (TPSA) is 66.4 Å². The van der Waals surface area contributed by atoms with E-state index in [4.69, 9.17) is 12.5 Å². The van der Waals surface area contributed by atoms with Gasteiger partial charge in [0.05, 0.1) is 0 Å². The molecule has 0 aliphatic heterocycles. The van der Waals surface area contributed by atoms with Crippen LogP contribution in [0.4, 0.5) is 0 Å². The maximum absolute atomic E-state index is 10.0. The molecule has 0 spiro atoms. The summed E-state index contributed by atoms with van der Waals surface area (Å²) in [5, 5.41) is 8.89. The molecule has 0 heterocycles. The van der Waals surface area contributed by atoms with Gasteiger partial charge < -0.3 is 9.90 Å². The average Bonchev–Trinajstić information content (AvgIpc) is 1.82. The Kier molecular flexibility index (Phi) is 12.1. The molecule has 0 aromatic carbocycles. The summed E-state index contributed by atoms with van der Waals surface area (Å²) in [7, 11) is 0. The van der Waals surface area contributed by atoms with Crippen molar-refractivity contribution in [2.24, 2.45) is 0 Å². The summed E-state index contributed by atoms with van der Waals surface area (Å²) < 4.78 is 5.90. The molecule has 0 rings (SSSR count). The third-order valence-corrected chi connectivity index (χ3v) is 4.47. The Morgan fingerprint density at radius 1 is 1.45 bits per heavy atom. The van der Waals surface area contributed by atoms with Crippen molar-refractivity contribution in [1.82, 2.24) is 0 Å². The van der Waals surface area contributed by atoms with Crippen molar-refractivity contribution < 1.29 is 42.4 Å². The van der Waals surface area contributed by atoms with E-state index in [1.807, 2.05) is 0 Å². The van der Waals surface area contributed by atoms with Gasteiger partial charge in [-0.2, -0.15) is 0 Å². The van der Waals surface area contributed by atoms with Crippen LogP contribution in [0.15, 0.2) is 0 Å². The van der Waals surface area contributed by atoms with Crippen LogP contribution in [0.1, 0.15) is 20.8 Å². The molecule has 0 aromatic rings. The standard InChI is InChI=1S/2C2H4O2.C2H5.Hg/c2*1-2(3)4;1-2;/h2*1H3,(H,3,4);1H2,2H3;/q;;;+1/p-2. The van der Waals surface area contributed by atoms with Crippen LogP contribution in [-0.2, 0) is 37.3 Å². The van der Waals surface area contributed by atoms with Gasteiger partial charge >= 0.3 is 56.2 Å². The molecular formula is C6H11HgO4-. The number of hydrogen-bond donors (Lipinski definition) is 0. The van der Waals surface area contributed by atoms with Gasteiger partial charge in [-0.05, 0) is 6.92 Å². The van der Waals surface area contributed by atoms with Gasteiger partial charge in [-0.25, -0.2) is 0 Å². The van der Waals surface area contributed by atoms with Gasteiger partial charge in [0.1, 0.15) is 0 Å². The molecule has 0 saturated heterocycles. The Bertz CT molecular complexity index is 120. The van der Waals surface area contributed by atoms with Crippen LogP contribution in [0.3, 0.4) is 0 Å². The monoisotopic (exact) mass is 349 g/mol. The number of carboxylic acid groups (broad SMARTS) is 1. The second kappa shape index (κ2) is 9.88. The number of carboxylic acids is 1. The summed E-state index contributed by atoms with van der Waals surface area (Å²) in [6.07, 6.45) is 0. The molecule has 0 saturated carbocycles. The van der Waals surface area contributed by atoms with Crippen LogP contribution < -0.4 is 5.11 Å². The third kappa shape index (κ3) is 40.8. The number of rotatable bonds is 2. The van der Waals surface area contributed by atoms with Gasteiger partial charge in [-0.15, -0.1) is 0 Å². The average molecular weight is 348 g/mol. The molecule has 0 amide bonds. The summed E-state index contributed by atoms with van der Waals surface area (Å²) >= 11 is -1.09. The summed E-state index contributed by atoms with van der Waals surface area (Å²) in [5.41, 5.74) is 0. The Balaban J connectivity index is 0. The van der Waals surface area contributed by atoms with E-state index < -0.39 is 31.0 Å². The molecule has 0 radical (unpaired) electrons. The number of aliphatic carboxylic acids is 1. The predicted molar refractivity (Wildman–Crippen MR) is 32.9 cm³/mol. The van der Waals surface area contributed by atoms with E-state index >= 15 is 0 Å². The fraction of sp³-hybridized carbons (Fsp3) is 0.667. The molecule has 11 heavy (non-hydrogen) atoms. The van der Waals surface area contributed by atoms with Gasteiger partial charge in [-0.1, -0.05) is 0 Å². The van der Waals surface area contributed by atoms with E-state index in [9.17, 15) is 4.79 Å². The van der Waals surface area contributed by atoms with E-state index in [-0.39, 0.29) is 5.97 Å². The van der Waals surface area contributed by atoms with Gasteiger partial charge in [0.15, 0.2) is 0 Å². The van der Waals surface area contributed by atoms with E-state index in [1.165, 1.54) is 6.92 Å². The van der Waals surface area contributed by atoms with Crippen molar-refractivity contribution in [2.45, 2.75) is 24.7 Å². The zero-order valence-corrected chi connectivity index (χ0v) is 12.5. The Morgan fingerprint density at radius 2 is 1.82 bits per heavy atom. The second-order valence-corrected chi connectivity index (χ2v) is 8.43. The molecule has 0 fully saturated rings. The van der Waals surface area contributed by atoms with Crippen LogP contribution in [0.25, 0.3) is 0 Å². The van der Waals surface area contributed by atoms with Crippen LogP contribution in [-0.4, -0.2) is 11.9 Å². The SMILES string of the molecule is CC(=O)[O-].C[CH2][Hg][O]C(C)=O. The number of carbonyl (C=O) groups excluding carboxylic acids is 2. The molecule has 0 atom stereocenters. The van der Waals surface area contributed by atoms with E-state index in [0.717, 1.165) is 10.9 Å². The van der Waals surface area contributed by atoms with Crippen molar-refractivity contribution in [3.63, 3.8) is 0 Å². The second-order valence-electron chi connectivity index (χ2n) is 1.83. The fourth-order valence-corrected chi connectivity index (χ4v) is 2.16. The normalized spacial score (nSPS) is 6.82. The zero-order valence-electron chi connectivity index (χ0n) is 7.05. The minimum atomic E-state index is -1.09. The molecule has 0 aliphatic rings. The molecule has 62 valence electrons. The predicted octanol–water partition coefficient (Wildman–Crippen LogP) is -0.259. The van der Waals surface area contributed by atoms with E-state index in [2.05, 4.69) is 6.92 Å². The molecule has 4 nitrogen and oxygen atoms in total. The van der Waals surface area contributed by atoms with E-state index in [0.29, 0.717) is 0 Å². The van der Waals surface area contributed by atoms with Crippen LogP contribution in [0.5, 0.6) is 0 Å². The summed E-state index contributed by atoms with van der Waals surface area (Å²) in [5.74, 6) is -1.18. The first-order chi connectivity index (χ1) is 5.00.